The van der Waals surface area contributed by atoms with Gasteiger partial charge in [-0.3, -0.25) is 0 Å². The number of carbonyl (C=O) groups excluding carboxylic acids is 1. The molecule has 0 fully saturated rings. The van der Waals surface area contributed by atoms with Crippen LogP contribution in [0.3, 0.4) is 0 Å². The lowest BCUT2D eigenvalue weighted by molar-refractivity contribution is 0.0784. The van der Waals surface area contributed by atoms with E-state index in [0.29, 0.717) is 21.4 Å². The van der Waals surface area contributed by atoms with Gasteiger partial charge >= 0.3 is 5.97 Å². The third-order valence-corrected chi connectivity index (χ3v) is 3.36. The summed E-state index contributed by atoms with van der Waals surface area (Å²) in [5.41, 5.74) is 1.82. The number of carbonyl (C=O) groups is 1. The van der Waals surface area contributed by atoms with Gasteiger partial charge in [0.2, 0.25) is 0 Å². The Morgan fingerprint density at radius 1 is 1.62 bits per heavy atom. The Bertz CT molecular complexity index is 556. The monoisotopic (exact) mass is 366 g/mol. The molecule has 0 unspecified atom stereocenters. The van der Waals surface area contributed by atoms with Crippen LogP contribution in [0.2, 0.25) is 5.02 Å². The van der Waals surface area contributed by atoms with Crippen LogP contribution in [-0.2, 0) is 9.16 Å². The minimum atomic E-state index is -0.500. The molecule has 0 N–H and O–H groups in total. The average Bonchev–Trinajstić information content (AvgIpc) is 2.72. The SMILES string of the molecule is O=C(OBr)c1cnn2ccc(Cl)c(CBr)c12. The number of rotatable bonds is 2. The van der Waals surface area contributed by atoms with Crippen LogP contribution in [-0.4, -0.2) is 15.6 Å². The summed E-state index contributed by atoms with van der Waals surface area (Å²) >= 11 is 12.0. The maximum absolute atomic E-state index is 11.5. The molecular formula is C9H5Br2ClN2O2. The minimum Gasteiger partial charge on any atom is -0.380 e. The molecule has 16 heavy (non-hydrogen) atoms. The van der Waals surface area contributed by atoms with Crippen molar-refractivity contribution in [3.05, 3.63) is 34.6 Å². The molecule has 0 saturated carbocycles. The van der Waals surface area contributed by atoms with Gasteiger partial charge in [-0.15, -0.1) is 0 Å². The molecule has 0 atom stereocenters. The molecule has 7 heteroatoms. The Labute approximate surface area is 113 Å². The van der Waals surface area contributed by atoms with E-state index in [0.717, 1.165) is 5.56 Å². The van der Waals surface area contributed by atoms with Crippen LogP contribution in [0, 0.1) is 0 Å². The molecule has 0 aliphatic heterocycles. The van der Waals surface area contributed by atoms with Crippen molar-refractivity contribution >= 4 is 55.3 Å². The summed E-state index contributed by atoms with van der Waals surface area (Å²) in [6.45, 7) is 0. The lowest BCUT2D eigenvalue weighted by atomic mass is 10.2. The van der Waals surface area contributed by atoms with Crippen molar-refractivity contribution in [3.8, 4) is 0 Å². The predicted octanol–water partition coefficient (Wildman–Crippen LogP) is 3.35. The van der Waals surface area contributed by atoms with E-state index in [1.54, 1.807) is 16.8 Å². The van der Waals surface area contributed by atoms with Crippen molar-refractivity contribution in [2.75, 3.05) is 0 Å². The number of alkyl halides is 1. The molecule has 2 aromatic heterocycles. The van der Waals surface area contributed by atoms with Crippen molar-refractivity contribution < 1.29 is 8.62 Å². The van der Waals surface area contributed by atoms with Crippen molar-refractivity contribution in [1.29, 1.82) is 0 Å². The lowest BCUT2D eigenvalue weighted by Gasteiger charge is -2.04. The summed E-state index contributed by atoms with van der Waals surface area (Å²) in [6, 6.07) is 1.72. The largest absolute Gasteiger partial charge is 0.380 e. The molecule has 0 aliphatic carbocycles. The Kier molecular flexibility index (Phi) is 3.51. The molecule has 2 rings (SSSR count). The fraction of sp³-hybridized carbons (Fsp3) is 0.111. The number of hydrogen-bond acceptors (Lipinski definition) is 3. The van der Waals surface area contributed by atoms with Crippen LogP contribution >= 0.6 is 43.8 Å². The normalized spacial score (nSPS) is 10.7. The maximum atomic E-state index is 11.5. The first-order valence-electron chi connectivity index (χ1n) is 4.22. The number of aromatic nitrogens is 2. The summed E-state index contributed by atoms with van der Waals surface area (Å²) < 4.78 is 6.09. The summed E-state index contributed by atoms with van der Waals surface area (Å²) in [7, 11) is 0. The van der Waals surface area contributed by atoms with Crippen molar-refractivity contribution in [2.24, 2.45) is 0 Å². The Hall–Kier alpha value is -0.590. The fourth-order valence-corrected chi connectivity index (χ4v) is 2.56. The molecule has 2 heterocycles. The second-order valence-electron chi connectivity index (χ2n) is 2.99. The van der Waals surface area contributed by atoms with E-state index in [2.05, 4.69) is 41.1 Å². The lowest BCUT2D eigenvalue weighted by Crippen LogP contribution is -2.00. The van der Waals surface area contributed by atoms with Gasteiger partial charge < -0.3 is 3.83 Å². The number of fused-ring (bicyclic) bond motifs is 1. The molecule has 0 saturated heterocycles. The molecule has 0 amide bonds. The molecule has 0 aliphatic rings. The Morgan fingerprint density at radius 2 is 2.38 bits per heavy atom. The highest BCUT2D eigenvalue weighted by atomic mass is 79.9. The predicted molar refractivity (Wildman–Crippen MR) is 67.2 cm³/mol. The second-order valence-corrected chi connectivity index (χ2v) is 4.28. The van der Waals surface area contributed by atoms with Gasteiger partial charge in [-0.25, -0.2) is 9.31 Å². The summed E-state index contributed by atoms with van der Waals surface area (Å²) in [5.74, 6) is -0.500. The molecule has 0 radical (unpaired) electrons. The topological polar surface area (TPSA) is 43.6 Å². The van der Waals surface area contributed by atoms with E-state index in [1.807, 2.05) is 0 Å². The van der Waals surface area contributed by atoms with Gasteiger partial charge in [0.15, 0.2) is 16.3 Å². The smallest absolute Gasteiger partial charge is 0.353 e. The first-order chi connectivity index (χ1) is 7.69. The fourth-order valence-electron chi connectivity index (χ4n) is 1.44. The standard InChI is InChI=1S/C9H5Br2ClN2O2/c10-3-5-7(12)1-2-14-8(5)6(4-13-14)9(15)16-11/h1-2,4H,3H2. The maximum Gasteiger partial charge on any atom is 0.353 e. The van der Waals surface area contributed by atoms with Gasteiger partial charge in [0.25, 0.3) is 0 Å². The Balaban J connectivity index is 2.77. The van der Waals surface area contributed by atoms with E-state index < -0.39 is 5.97 Å². The molecule has 2 aromatic rings. The van der Waals surface area contributed by atoms with Crippen LogP contribution < -0.4 is 0 Å². The van der Waals surface area contributed by atoms with Gasteiger partial charge in [0, 0.05) is 22.1 Å². The molecule has 84 valence electrons. The quantitative estimate of drug-likeness (QED) is 0.764. The van der Waals surface area contributed by atoms with Crippen LogP contribution in [0.25, 0.3) is 5.52 Å². The van der Waals surface area contributed by atoms with Gasteiger partial charge in [-0.1, -0.05) is 27.5 Å². The summed E-state index contributed by atoms with van der Waals surface area (Å²) in [5, 5.41) is 5.16. The van der Waals surface area contributed by atoms with Gasteiger partial charge in [-0.2, -0.15) is 5.10 Å². The van der Waals surface area contributed by atoms with Gasteiger partial charge in [0.05, 0.1) is 11.7 Å². The molecule has 4 nitrogen and oxygen atoms in total. The van der Waals surface area contributed by atoms with Crippen LogP contribution in [0.5, 0.6) is 0 Å². The van der Waals surface area contributed by atoms with Crippen LogP contribution in [0.4, 0.5) is 0 Å². The van der Waals surface area contributed by atoms with E-state index in [4.69, 9.17) is 11.6 Å². The third kappa shape index (κ3) is 1.85. The van der Waals surface area contributed by atoms with Crippen molar-refractivity contribution in [1.82, 2.24) is 9.61 Å². The van der Waals surface area contributed by atoms with Crippen LogP contribution in [0.15, 0.2) is 18.5 Å². The molecule has 0 bridgehead atoms. The Morgan fingerprint density at radius 3 is 3.00 bits per heavy atom. The zero-order chi connectivity index (χ0) is 11.7. The number of halogens is 3. The third-order valence-electron chi connectivity index (χ3n) is 2.16. The van der Waals surface area contributed by atoms with Crippen LogP contribution in [0.1, 0.15) is 15.9 Å². The minimum absolute atomic E-state index is 0.369. The summed E-state index contributed by atoms with van der Waals surface area (Å²) in [4.78, 5) is 11.5. The van der Waals surface area contributed by atoms with Crippen molar-refractivity contribution in [2.45, 2.75) is 5.33 Å². The number of nitrogens with zero attached hydrogens (tertiary/aromatic N) is 2. The van der Waals surface area contributed by atoms with Gasteiger partial charge in [0.1, 0.15) is 5.56 Å². The van der Waals surface area contributed by atoms with E-state index in [-0.39, 0.29) is 0 Å². The number of pyridine rings is 1. The highest BCUT2D eigenvalue weighted by Gasteiger charge is 2.18. The molecule has 0 spiro atoms. The van der Waals surface area contributed by atoms with E-state index >= 15 is 0 Å². The first-order valence-corrected chi connectivity index (χ1v) is 6.37. The zero-order valence-corrected chi connectivity index (χ0v) is 11.7. The van der Waals surface area contributed by atoms with Crippen molar-refractivity contribution in [3.63, 3.8) is 0 Å². The highest BCUT2D eigenvalue weighted by molar-refractivity contribution is 9.08. The second kappa shape index (κ2) is 4.73. The van der Waals surface area contributed by atoms with E-state index in [9.17, 15) is 4.79 Å². The highest BCUT2D eigenvalue weighted by Crippen LogP contribution is 2.26. The number of hydrogen-bond donors (Lipinski definition) is 0. The average molecular weight is 368 g/mol. The molecule has 0 aromatic carbocycles. The summed E-state index contributed by atoms with van der Waals surface area (Å²) in [6.07, 6.45) is 3.14. The van der Waals surface area contributed by atoms with E-state index in [1.165, 1.54) is 6.20 Å². The first kappa shape index (κ1) is 11.9. The zero-order valence-electron chi connectivity index (χ0n) is 7.78. The molecular weight excluding hydrogens is 363 g/mol. The van der Waals surface area contributed by atoms with Gasteiger partial charge in [-0.05, 0) is 6.07 Å².